The third kappa shape index (κ3) is 3.38. The minimum Gasteiger partial charge on any atom is -0.494 e. The normalized spacial score (nSPS) is 9.95. The van der Waals surface area contributed by atoms with E-state index < -0.39 is 0 Å². The number of nitrogens with zero attached hydrogens (tertiary/aromatic N) is 2. The Morgan fingerprint density at radius 3 is 2.84 bits per heavy atom. The molecule has 19 heavy (non-hydrogen) atoms. The first-order valence-corrected chi connectivity index (χ1v) is 6.13. The van der Waals surface area contributed by atoms with Crippen LogP contribution in [-0.4, -0.2) is 21.8 Å². The van der Waals surface area contributed by atoms with Crippen LogP contribution in [0.15, 0.2) is 36.5 Å². The van der Waals surface area contributed by atoms with E-state index in [1.165, 1.54) is 6.20 Å². The zero-order valence-electron chi connectivity index (χ0n) is 10.4. The van der Waals surface area contributed by atoms with Crippen LogP contribution in [0.2, 0.25) is 0 Å². The summed E-state index contributed by atoms with van der Waals surface area (Å²) in [5.74, 6) is 1.59. The molecule has 2 aromatic rings. The van der Waals surface area contributed by atoms with Gasteiger partial charge in [0.25, 0.3) is 0 Å². The summed E-state index contributed by atoms with van der Waals surface area (Å²) in [6, 6.07) is 8.90. The summed E-state index contributed by atoms with van der Waals surface area (Å²) in [6.45, 7) is 2.51. The number of aromatic nitrogens is 2. The van der Waals surface area contributed by atoms with Crippen LogP contribution in [0, 0.1) is 0 Å². The van der Waals surface area contributed by atoms with E-state index >= 15 is 0 Å². The van der Waals surface area contributed by atoms with Gasteiger partial charge in [0.15, 0.2) is 0 Å². The topological polar surface area (TPSA) is 70.3 Å². The molecule has 1 heterocycles. The van der Waals surface area contributed by atoms with Crippen LogP contribution in [0.25, 0.3) is 0 Å². The number of hydrogen-bond acceptors (Lipinski definition) is 5. The molecule has 0 radical (unpaired) electrons. The van der Waals surface area contributed by atoms with Gasteiger partial charge in [-0.2, -0.15) is 5.10 Å². The monoisotopic (exact) mass is 275 g/mol. The maximum atomic E-state index is 5.64. The summed E-state index contributed by atoms with van der Waals surface area (Å²) in [5.41, 5.74) is 6.15. The van der Waals surface area contributed by atoms with Crippen LogP contribution < -0.4 is 15.2 Å². The fourth-order valence-electron chi connectivity index (χ4n) is 1.49. The van der Waals surface area contributed by atoms with Crippen molar-refractivity contribution < 1.29 is 9.47 Å². The number of benzene rings is 1. The zero-order valence-corrected chi connectivity index (χ0v) is 11.2. The first kappa shape index (κ1) is 13.2. The van der Waals surface area contributed by atoms with E-state index in [-0.39, 0.29) is 10.9 Å². The Hall–Kier alpha value is -2.21. The molecule has 0 spiro atoms. The Kier molecular flexibility index (Phi) is 4.25. The van der Waals surface area contributed by atoms with Gasteiger partial charge in [0, 0.05) is 6.07 Å². The van der Waals surface area contributed by atoms with E-state index in [1.807, 2.05) is 19.1 Å². The van der Waals surface area contributed by atoms with Crippen molar-refractivity contribution in [3.8, 4) is 17.4 Å². The smallest absolute Gasteiger partial charge is 0.249 e. The Morgan fingerprint density at radius 1 is 1.32 bits per heavy atom. The molecule has 0 aliphatic heterocycles. The highest BCUT2D eigenvalue weighted by Gasteiger charge is 2.09. The van der Waals surface area contributed by atoms with Gasteiger partial charge in [0.05, 0.1) is 18.4 Å². The maximum Gasteiger partial charge on any atom is 0.249 e. The first-order valence-electron chi connectivity index (χ1n) is 5.73. The van der Waals surface area contributed by atoms with Crippen LogP contribution in [0.5, 0.6) is 17.4 Å². The highest BCUT2D eigenvalue weighted by molar-refractivity contribution is 7.80. The average molecular weight is 275 g/mol. The molecule has 0 bridgehead atoms. The zero-order chi connectivity index (χ0) is 13.7. The van der Waals surface area contributed by atoms with Gasteiger partial charge >= 0.3 is 0 Å². The average Bonchev–Trinajstić information content (AvgIpc) is 2.40. The molecule has 0 aliphatic carbocycles. The van der Waals surface area contributed by atoms with Crippen LogP contribution in [-0.2, 0) is 0 Å². The van der Waals surface area contributed by atoms with Crippen LogP contribution in [0.4, 0.5) is 0 Å². The second-order valence-corrected chi connectivity index (χ2v) is 4.06. The molecule has 0 aliphatic rings. The van der Waals surface area contributed by atoms with Crippen LogP contribution in [0.1, 0.15) is 12.5 Å². The predicted molar refractivity (Wildman–Crippen MR) is 75.6 cm³/mol. The molecule has 0 saturated carbocycles. The Balaban J connectivity index is 2.26. The number of rotatable bonds is 5. The van der Waals surface area contributed by atoms with Gasteiger partial charge in [-0.25, -0.2) is 0 Å². The third-order valence-electron chi connectivity index (χ3n) is 2.28. The number of nitrogens with two attached hydrogens (primary N) is 1. The van der Waals surface area contributed by atoms with Crippen molar-refractivity contribution >= 4 is 17.2 Å². The van der Waals surface area contributed by atoms with Crippen molar-refractivity contribution in [2.24, 2.45) is 5.73 Å². The highest BCUT2D eigenvalue weighted by Crippen LogP contribution is 2.25. The lowest BCUT2D eigenvalue weighted by Gasteiger charge is -2.09. The van der Waals surface area contributed by atoms with Crippen molar-refractivity contribution in [3.63, 3.8) is 0 Å². The Bertz CT molecular complexity index is 590. The Labute approximate surface area is 116 Å². The fraction of sp³-hybridized carbons (Fsp3) is 0.154. The summed E-state index contributed by atoms with van der Waals surface area (Å²) in [6.07, 6.45) is 1.51. The van der Waals surface area contributed by atoms with Crippen molar-refractivity contribution in [3.05, 3.63) is 42.1 Å². The molecule has 98 valence electrons. The van der Waals surface area contributed by atoms with E-state index in [0.717, 1.165) is 5.75 Å². The van der Waals surface area contributed by atoms with E-state index in [1.54, 1.807) is 18.2 Å². The van der Waals surface area contributed by atoms with Gasteiger partial charge in [-0.15, -0.1) is 5.10 Å². The van der Waals surface area contributed by atoms with Gasteiger partial charge in [-0.1, -0.05) is 18.3 Å². The number of hydrogen-bond donors (Lipinski definition) is 1. The van der Waals surface area contributed by atoms with E-state index in [2.05, 4.69) is 10.2 Å². The van der Waals surface area contributed by atoms with E-state index in [4.69, 9.17) is 27.4 Å². The van der Waals surface area contributed by atoms with Gasteiger partial charge in [0.2, 0.25) is 5.88 Å². The second-order valence-electron chi connectivity index (χ2n) is 3.62. The summed E-state index contributed by atoms with van der Waals surface area (Å²) < 4.78 is 11.0. The van der Waals surface area contributed by atoms with Crippen molar-refractivity contribution in [1.82, 2.24) is 10.2 Å². The molecule has 2 rings (SSSR count). The molecular formula is C13H13N3O2S. The van der Waals surface area contributed by atoms with Crippen molar-refractivity contribution in [2.75, 3.05) is 6.61 Å². The quantitative estimate of drug-likeness (QED) is 0.844. The molecule has 6 heteroatoms. The molecule has 5 nitrogen and oxygen atoms in total. The van der Waals surface area contributed by atoms with Crippen LogP contribution in [0.3, 0.4) is 0 Å². The molecule has 0 saturated heterocycles. The maximum absolute atomic E-state index is 5.64. The minimum absolute atomic E-state index is 0.214. The molecule has 0 atom stereocenters. The lowest BCUT2D eigenvalue weighted by molar-refractivity contribution is 0.337. The SMILES string of the molecule is CCOc1cccc(Oc2nnccc2C(N)=S)c1. The van der Waals surface area contributed by atoms with Gasteiger partial charge in [0.1, 0.15) is 16.5 Å². The summed E-state index contributed by atoms with van der Waals surface area (Å²) in [7, 11) is 0. The van der Waals surface area contributed by atoms with Crippen molar-refractivity contribution in [2.45, 2.75) is 6.92 Å². The molecule has 1 aromatic carbocycles. The standard InChI is InChI=1S/C13H13N3O2S/c1-2-17-9-4-3-5-10(8-9)18-13-11(12(14)19)6-7-15-16-13/h3-8H,2H2,1H3,(H2,14,19). The Morgan fingerprint density at radius 2 is 2.11 bits per heavy atom. The molecule has 0 amide bonds. The van der Waals surface area contributed by atoms with Gasteiger partial charge in [-0.3, -0.25) is 0 Å². The predicted octanol–water partition coefficient (Wildman–Crippen LogP) is 2.30. The molecule has 1 aromatic heterocycles. The molecule has 2 N–H and O–H groups in total. The minimum atomic E-state index is 0.214. The summed E-state index contributed by atoms with van der Waals surface area (Å²) >= 11 is 4.94. The van der Waals surface area contributed by atoms with Crippen LogP contribution >= 0.6 is 12.2 Å². The fourth-order valence-corrected chi connectivity index (χ4v) is 1.64. The van der Waals surface area contributed by atoms with Crippen molar-refractivity contribution in [1.29, 1.82) is 0 Å². The van der Waals surface area contributed by atoms with E-state index in [0.29, 0.717) is 17.9 Å². The summed E-state index contributed by atoms with van der Waals surface area (Å²) in [5, 5.41) is 7.65. The van der Waals surface area contributed by atoms with Gasteiger partial charge < -0.3 is 15.2 Å². The molecule has 0 fully saturated rings. The molecule has 0 unspecified atom stereocenters. The van der Waals surface area contributed by atoms with E-state index in [9.17, 15) is 0 Å². The third-order valence-corrected chi connectivity index (χ3v) is 2.50. The highest BCUT2D eigenvalue weighted by atomic mass is 32.1. The summed E-state index contributed by atoms with van der Waals surface area (Å²) in [4.78, 5) is 0.214. The first-order chi connectivity index (χ1) is 9.20. The number of thiocarbonyl (C=S) groups is 1. The number of ether oxygens (including phenoxy) is 2. The lowest BCUT2D eigenvalue weighted by atomic mass is 10.3. The largest absolute Gasteiger partial charge is 0.494 e. The second kappa shape index (κ2) is 6.10. The molecular weight excluding hydrogens is 262 g/mol. The lowest BCUT2D eigenvalue weighted by Crippen LogP contribution is -2.12. The van der Waals surface area contributed by atoms with Gasteiger partial charge in [-0.05, 0) is 25.1 Å².